The highest BCUT2D eigenvalue weighted by atomic mass is 16.7. The number of aliphatic hydroxyl groups excluding tert-OH is 1. The Morgan fingerprint density at radius 3 is 2.84 bits per heavy atom. The van der Waals surface area contributed by atoms with Crippen LogP contribution in [-0.4, -0.2) is 28.1 Å². The lowest BCUT2D eigenvalue weighted by atomic mass is 9.55. The van der Waals surface area contributed by atoms with Gasteiger partial charge in [-0.1, -0.05) is 19.1 Å². The minimum absolute atomic E-state index is 0.107. The Kier molecular flexibility index (Phi) is 2.51. The molecule has 4 heteroatoms. The SMILES string of the molecule is C=C1CC[C@@H](O)[C@]2(C)C[C@]3(O)OC(=O)C(C)=C3CC12. The number of ether oxygens (including phenoxy) is 1. The summed E-state index contributed by atoms with van der Waals surface area (Å²) in [5.41, 5.74) is 1.82. The summed E-state index contributed by atoms with van der Waals surface area (Å²) in [6.07, 6.45) is 1.78. The molecule has 1 heterocycles. The normalized spacial score (nSPS) is 45.9. The van der Waals surface area contributed by atoms with Crippen molar-refractivity contribution in [3.63, 3.8) is 0 Å². The largest absolute Gasteiger partial charge is 0.426 e. The van der Waals surface area contributed by atoms with Crippen molar-refractivity contribution in [2.45, 2.75) is 51.4 Å². The lowest BCUT2D eigenvalue weighted by Gasteiger charge is -2.53. The third kappa shape index (κ3) is 1.56. The van der Waals surface area contributed by atoms with Crippen LogP contribution in [0.15, 0.2) is 23.3 Å². The number of allylic oxidation sites excluding steroid dienone is 1. The van der Waals surface area contributed by atoms with E-state index in [0.29, 0.717) is 24.0 Å². The fourth-order valence-electron chi connectivity index (χ4n) is 4.03. The summed E-state index contributed by atoms with van der Waals surface area (Å²) in [4.78, 5) is 11.7. The Morgan fingerprint density at radius 2 is 2.16 bits per heavy atom. The molecule has 104 valence electrons. The van der Waals surface area contributed by atoms with Gasteiger partial charge in [-0.2, -0.15) is 0 Å². The van der Waals surface area contributed by atoms with Gasteiger partial charge in [0.1, 0.15) is 0 Å². The molecule has 3 aliphatic rings. The summed E-state index contributed by atoms with van der Waals surface area (Å²) in [6.45, 7) is 7.77. The number of hydrogen-bond donors (Lipinski definition) is 2. The maximum atomic E-state index is 11.7. The number of hydrogen-bond acceptors (Lipinski definition) is 4. The van der Waals surface area contributed by atoms with E-state index in [0.717, 1.165) is 12.0 Å². The zero-order valence-electron chi connectivity index (χ0n) is 11.4. The monoisotopic (exact) mass is 264 g/mol. The number of fused-ring (bicyclic) bond motifs is 2. The van der Waals surface area contributed by atoms with E-state index < -0.39 is 23.3 Å². The lowest BCUT2D eigenvalue weighted by molar-refractivity contribution is -0.213. The molecule has 0 saturated heterocycles. The predicted molar refractivity (Wildman–Crippen MR) is 69.0 cm³/mol. The molecule has 2 saturated carbocycles. The molecule has 4 atom stereocenters. The van der Waals surface area contributed by atoms with Crippen LogP contribution in [0.2, 0.25) is 0 Å². The van der Waals surface area contributed by atoms with E-state index in [1.165, 1.54) is 0 Å². The summed E-state index contributed by atoms with van der Waals surface area (Å²) in [6, 6.07) is 0. The summed E-state index contributed by atoms with van der Waals surface area (Å²) >= 11 is 0. The third-order valence-corrected chi connectivity index (χ3v) is 5.31. The number of carbonyl (C=O) groups excluding carboxylic acids is 1. The van der Waals surface area contributed by atoms with E-state index in [-0.39, 0.29) is 12.3 Å². The van der Waals surface area contributed by atoms with Gasteiger partial charge in [-0.05, 0) is 32.1 Å². The molecular weight excluding hydrogens is 244 g/mol. The van der Waals surface area contributed by atoms with Crippen molar-refractivity contribution in [3.8, 4) is 0 Å². The molecule has 0 spiro atoms. The Hall–Kier alpha value is -1.13. The average molecular weight is 264 g/mol. The Labute approximate surface area is 112 Å². The second-order valence-electron chi connectivity index (χ2n) is 6.43. The van der Waals surface area contributed by atoms with Gasteiger partial charge in [0.05, 0.1) is 6.10 Å². The highest BCUT2D eigenvalue weighted by Crippen LogP contribution is 2.58. The minimum atomic E-state index is -1.52. The molecule has 2 aliphatic carbocycles. The van der Waals surface area contributed by atoms with Crippen LogP contribution in [0.5, 0.6) is 0 Å². The number of esters is 1. The van der Waals surface area contributed by atoms with E-state index in [4.69, 9.17) is 4.74 Å². The summed E-state index contributed by atoms with van der Waals surface area (Å²) in [5.74, 6) is -1.86. The van der Waals surface area contributed by atoms with Gasteiger partial charge in [0, 0.05) is 23.0 Å². The van der Waals surface area contributed by atoms with E-state index in [2.05, 4.69) is 6.58 Å². The van der Waals surface area contributed by atoms with Crippen LogP contribution in [0.4, 0.5) is 0 Å². The molecule has 2 N–H and O–H groups in total. The first-order chi connectivity index (χ1) is 8.78. The number of carbonyl (C=O) groups is 1. The maximum absolute atomic E-state index is 11.7. The van der Waals surface area contributed by atoms with E-state index in [1.54, 1.807) is 6.92 Å². The van der Waals surface area contributed by atoms with E-state index in [9.17, 15) is 15.0 Å². The summed E-state index contributed by atoms with van der Waals surface area (Å²) in [5, 5.41) is 21.0. The lowest BCUT2D eigenvalue weighted by Crippen LogP contribution is -2.54. The summed E-state index contributed by atoms with van der Waals surface area (Å²) in [7, 11) is 0. The second-order valence-corrected chi connectivity index (χ2v) is 6.43. The van der Waals surface area contributed by atoms with Crippen LogP contribution in [0.1, 0.15) is 39.5 Å². The molecule has 0 bridgehead atoms. The molecule has 1 unspecified atom stereocenters. The van der Waals surface area contributed by atoms with Gasteiger partial charge in [0.25, 0.3) is 0 Å². The minimum Gasteiger partial charge on any atom is -0.426 e. The van der Waals surface area contributed by atoms with Crippen molar-refractivity contribution in [1.82, 2.24) is 0 Å². The Balaban J connectivity index is 2.06. The molecule has 0 aromatic carbocycles. The first-order valence-electron chi connectivity index (χ1n) is 6.79. The van der Waals surface area contributed by atoms with Gasteiger partial charge in [-0.15, -0.1) is 0 Å². The van der Waals surface area contributed by atoms with Crippen molar-refractivity contribution in [3.05, 3.63) is 23.3 Å². The van der Waals surface area contributed by atoms with Gasteiger partial charge in [0.2, 0.25) is 5.79 Å². The molecule has 3 rings (SSSR count). The predicted octanol–water partition coefficient (Wildman–Crippen LogP) is 1.68. The highest BCUT2D eigenvalue weighted by molar-refractivity contribution is 5.92. The fourth-order valence-corrected chi connectivity index (χ4v) is 4.03. The van der Waals surface area contributed by atoms with Crippen LogP contribution >= 0.6 is 0 Å². The zero-order valence-corrected chi connectivity index (χ0v) is 11.4. The smallest absolute Gasteiger partial charge is 0.336 e. The van der Waals surface area contributed by atoms with Crippen LogP contribution in [0, 0.1) is 11.3 Å². The van der Waals surface area contributed by atoms with Gasteiger partial charge >= 0.3 is 5.97 Å². The zero-order chi connectivity index (χ0) is 14.0. The molecular formula is C15H20O4. The van der Waals surface area contributed by atoms with Gasteiger partial charge in [0.15, 0.2) is 0 Å². The Bertz CT molecular complexity index is 506. The van der Waals surface area contributed by atoms with Crippen molar-refractivity contribution >= 4 is 5.97 Å². The maximum Gasteiger partial charge on any atom is 0.336 e. The quantitative estimate of drug-likeness (QED) is 0.516. The van der Waals surface area contributed by atoms with Gasteiger partial charge < -0.3 is 14.9 Å². The van der Waals surface area contributed by atoms with Crippen LogP contribution in [0.3, 0.4) is 0 Å². The van der Waals surface area contributed by atoms with Gasteiger partial charge in [-0.25, -0.2) is 4.79 Å². The van der Waals surface area contributed by atoms with Crippen LogP contribution in [-0.2, 0) is 9.53 Å². The average Bonchev–Trinajstić information content (AvgIpc) is 2.53. The van der Waals surface area contributed by atoms with E-state index in [1.807, 2.05) is 6.92 Å². The molecule has 0 aromatic heterocycles. The van der Waals surface area contributed by atoms with E-state index >= 15 is 0 Å². The Morgan fingerprint density at radius 1 is 1.47 bits per heavy atom. The molecule has 19 heavy (non-hydrogen) atoms. The van der Waals surface area contributed by atoms with Crippen LogP contribution < -0.4 is 0 Å². The standard InChI is InChI=1S/C15H20O4/c1-8-4-5-12(16)14(3)7-15(18)11(6-10(8)14)9(2)13(17)19-15/h10,12,16,18H,1,4-7H2,2-3H3/t10?,12-,14-,15+/m1/s1. The molecule has 0 aromatic rings. The van der Waals surface area contributed by atoms with Gasteiger partial charge in [-0.3, -0.25) is 0 Å². The summed E-state index contributed by atoms with van der Waals surface area (Å²) < 4.78 is 5.16. The molecule has 1 aliphatic heterocycles. The molecule has 0 radical (unpaired) electrons. The van der Waals surface area contributed by atoms with Crippen LogP contribution in [0.25, 0.3) is 0 Å². The first kappa shape index (κ1) is 12.9. The fraction of sp³-hybridized carbons (Fsp3) is 0.667. The highest BCUT2D eigenvalue weighted by Gasteiger charge is 2.59. The van der Waals surface area contributed by atoms with Crippen molar-refractivity contribution in [2.24, 2.45) is 11.3 Å². The van der Waals surface area contributed by atoms with Crippen molar-refractivity contribution in [1.29, 1.82) is 0 Å². The van der Waals surface area contributed by atoms with Crippen molar-refractivity contribution < 1.29 is 19.7 Å². The third-order valence-electron chi connectivity index (χ3n) is 5.31. The van der Waals surface area contributed by atoms with Crippen molar-refractivity contribution in [2.75, 3.05) is 0 Å². The second kappa shape index (κ2) is 3.70. The topological polar surface area (TPSA) is 66.8 Å². The number of aliphatic hydroxyl groups is 2. The number of rotatable bonds is 0. The first-order valence-corrected chi connectivity index (χ1v) is 6.79. The molecule has 0 amide bonds. The molecule has 4 nitrogen and oxygen atoms in total. The molecule has 2 fully saturated rings.